The van der Waals surface area contributed by atoms with Gasteiger partial charge in [0.2, 0.25) is 5.91 Å². The number of anilines is 1. The van der Waals surface area contributed by atoms with E-state index in [0.717, 1.165) is 28.2 Å². The van der Waals surface area contributed by atoms with Gasteiger partial charge in [-0.2, -0.15) is 0 Å². The number of benzene rings is 2. The van der Waals surface area contributed by atoms with Gasteiger partial charge in [-0.15, -0.1) is 11.3 Å². The van der Waals surface area contributed by atoms with Crippen molar-refractivity contribution in [2.24, 2.45) is 5.92 Å². The molecule has 0 aliphatic heterocycles. The molecule has 4 nitrogen and oxygen atoms in total. The summed E-state index contributed by atoms with van der Waals surface area (Å²) in [6.07, 6.45) is 2.55. The third kappa shape index (κ3) is 4.74. The van der Waals surface area contributed by atoms with Gasteiger partial charge in [0.05, 0.1) is 13.0 Å². The molecule has 3 aromatic rings. The normalized spacial score (nSPS) is 12.0. The second-order valence-corrected chi connectivity index (χ2v) is 7.86. The van der Waals surface area contributed by atoms with E-state index in [0.29, 0.717) is 5.13 Å². The molecule has 1 atom stereocenters. The van der Waals surface area contributed by atoms with Gasteiger partial charge >= 0.3 is 0 Å². The summed E-state index contributed by atoms with van der Waals surface area (Å²) in [4.78, 5) is 18.3. The first-order chi connectivity index (χ1) is 13.1. The number of rotatable bonds is 7. The lowest BCUT2D eigenvalue weighted by Crippen LogP contribution is -2.25. The van der Waals surface area contributed by atoms with Crippen molar-refractivity contribution in [2.75, 3.05) is 12.4 Å². The minimum atomic E-state index is -0.201. The van der Waals surface area contributed by atoms with Crippen molar-refractivity contribution in [3.05, 3.63) is 76.8 Å². The second kappa shape index (κ2) is 8.82. The van der Waals surface area contributed by atoms with Crippen molar-refractivity contribution >= 4 is 22.4 Å². The first-order valence-electron chi connectivity index (χ1n) is 9.01. The number of methoxy groups -OCH3 is 1. The lowest BCUT2D eigenvalue weighted by Gasteiger charge is -2.19. The summed E-state index contributed by atoms with van der Waals surface area (Å²) < 4.78 is 5.41. The van der Waals surface area contributed by atoms with E-state index in [1.54, 1.807) is 7.11 Å². The van der Waals surface area contributed by atoms with Gasteiger partial charge in [0.15, 0.2) is 5.13 Å². The maximum absolute atomic E-state index is 12.9. The molecule has 1 amide bonds. The molecule has 3 rings (SSSR count). The molecule has 1 unspecified atom stereocenters. The van der Waals surface area contributed by atoms with Crippen LogP contribution in [0.2, 0.25) is 0 Å². The predicted octanol–water partition coefficient (Wildman–Crippen LogP) is 5.12. The summed E-state index contributed by atoms with van der Waals surface area (Å²) >= 11 is 1.50. The monoisotopic (exact) mass is 380 g/mol. The molecule has 0 bridgehead atoms. The molecule has 0 fully saturated rings. The standard InChI is InChI=1S/C22H24N2O2S/c1-15(2)20(16-9-5-4-6-10-16)21(25)24-22-23-14-18(27-22)13-17-11-7-8-12-19(17)26-3/h4-12,14-15,20H,13H2,1-3H3,(H,23,24,25). The Balaban J connectivity index is 1.72. The maximum Gasteiger partial charge on any atom is 0.233 e. The number of carbonyl (C=O) groups is 1. The molecular formula is C22H24N2O2S. The summed E-state index contributed by atoms with van der Waals surface area (Å²) in [7, 11) is 1.67. The van der Waals surface area contributed by atoms with Gasteiger partial charge in [-0.25, -0.2) is 4.98 Å². The summed E-state index contributed by atoms with van der Waals surface area (Å²) in [5, 5.41) is 3.62. The molecule has 5 heteroatoms. The number of ether oxygens (including phenoxy) is 1. The van der Waals surface area contributed by atoms with Crippen molar-refractivity contribution in [1.82, 2.24) is 4.98 Å². The number of hydrogen-bond acceptors (Lipinski definition) is 4. The van der Waals surface area contributed by atoms with Crippen LogP contribution < -0.4 is 10.1 Å². The Kier molecular flexibility index (Phi) is 6.24. The molecule has 27 heavy (non-hydrogen) atoms. The molecule has 0 radical (unpaired) electrons. The Morgan fingerprint density at radius 1 is 1.11 bits per heavy atom. The van der Waals surface area contributed by atoms with Gasteiger partial charge in [0, 0.05) is 17.5 Å². The predicted molar refractivity (Wildman–Crippen MR) is 111 cm³/mol. The van der Waals surface area contributed by atoms with Crippen LogP contribution in [0.1, 0.15) is 35.8 Å². The number of para-hydroxylation sites is 1. The molecule has 0 spiro atoms. The Hall–Kier alpha value is -2.66. The number of carbonyl (C=O) groups excluding carboxylic acids is 1. The van der Waals surface area contributed by atoms with Gasteiger partial charge in [0.1, 0.15) is 5.75 Å². The number of aromatic nitrogens is 1. The number of nitrogens with one attached hydrogen (secondary N) is 1. The quantitative estimate of drug-likeness (QED) is 0.619. The van der Waals surface area contributed by atoms with Crippen LogP contribution in [0.15, 0.2) is 60.8 Å². The Labute approximate surface area is 164 Å². The summed E-state index contributed by atoms with van der Waals surface area (Å²) in [5.41, 5.74) is 2.13. The van der Waals surface area contributed by atoms with E-state index < -0.39 is 0 Å². The molecule has 0 aliphatic rings. The largest absolute Gasteiger partial charge is 0.496 e. The fourth-order valence-corrected chi connectivity index (χ4v) is 4.00. The van der Waals surface area contributed by atoms with E-state index in [1.165, 1.54) is 11.3 Å². The fourth-order valence-electron chi connectivity index (χ4n) is 3.17. The van der Waals surface area contributed by atoms with Gasteiger partial charge in [-0.05, 0) is 23.1 Å². The third-order valence-corrected chi connectivity index (χ3v) is 5.36. The first kappa shape index (κ1) is 19.1. The zero-order valence-electron chi connectivity index (χ0n) is 15.8. The van der Waals surface area contributed by atoms with Crippen LogP contribution in [0.4, 0.5) is 5.13 Å². The molecule has 1 heterocycles. The second-order valence-electron chi connectivity index (χ2n) is 6.74. The van der Waals surface area contributed by atoms with Crippen LogP contribution in [0.3, 0.4) is 0 Å². The lowest BCUT2D eigenvalue weighted by atomic mass is 9.88. The van der Waals surface area contributed by atoms with E-state index in [2.05, 4.69) is 24.1 Å². The number of nitrogens with zero attached hydrogens (tertiary/aromatic N) is 1. The minimum absolute atomic E-state index is 0.0191. The lowest BCUT2D eigenvalue weighted by molar-refractivity contribution is -0.118. The van der Waals surface area contributed by atoms with E-state index in [1.807, 2.05) is 60.8 Å². The molecule has 140 valence electrons. The van der Waals surface area contributed by atoms with Crippen molar-refractivity contribution in [1.29, 1.82) is 0 Å². The number of thiazole rings is 1. The zero-order valence-corrected chi connectivity index (χ0v) is 16.6. The van der Waals surface area contributed by atoms with Crippen LogP contribution in [-0.2, 0) is 11.2 Å². The first-order valence-corrected chi connectivity index (χ1v) is 9.82. The Morgan fingerprint density at radius 3 is 2.52 bits per heavy atom. The Bertz CT molecular complexity index is 890. The molecule has 0 saturated carbocycles. The smallest absolute Gasteiger partial charge is 0.233 e. The van der Waals surface area contributed by atoms with E-state index in [-0.39, 0.29) is 17.7 Å². The summed E-state index contributed by atoms with van der Waals surface area (Å²) in [6.45, 7) is 4.12. The molecule has 0 aliphatic carbocycles. The van der Waals surface area contributed by atoms with E-state index >= 15 is 0 Å². The Morgan fingerprint density at radius 2 is 1.81 bits per heavy atom. The molecule has 1 aromatic heterocycles. The van der Waals surface area contributed by atoms with Crippen LogP contribution in [-0.4, -0.2) is 18.0 Å². The minimum Gasteiger partial charge on any atom is -0.496 e. The highest BCUT2D eigenvalue weighted by Crippen LogP contribution is 2.29. The van der Waals surface area contributed by atoms with Crippen LogP contribution in [0.25, 0.3) is 0 Å². The van der Waals surface area contributed by atoms with Crippen molar-refractivity contribution < 1.29 is 9.53 Å². The average molecular weight is 381 g/mol. The van der Waals surface area contributed by atoms with E-state index in [4.69, 9.17) is 4.74 Å². The SMILES string of the molecule is COc1ccccc1Cc1cnc(NC(=O)C(c2ccccc2)C(C)C)s1. The molecule has 1 N–H and O–H groups in total. The topological polar surface area (TPSA) is 51.2 Å². The molecule has 0 saturated heterocycles. The van der Waals surface area contributed by atoms with Crippen LogP contribution in [0.5, 0.6) is 5.75 Å². The summed E-state index contributed by atoms with van der Waals surface area (Å²) in [6, 6.07) is 17.8. The number of hydrogen-bond donors (Lipinski definition) is 1. The van der Waals surface area contributed by atoms with Crippen molar-refractivity contribution in [3.8, 4) is 5.75 Å². The maximum atomic E-state index is 12.9. The highest BCUT2D eigenvalue weighted by atomic mass is 32.1. The molecule has 2 aromatic carbocycles. The van der Waals surface area contributed by atoms with Crippen molar-refractivity contribution in [3.63, 3.8) is 0 Å². The average Bonchev–Trinajstić information content (AvgIpc) is 3.09. The highest BCUT2D eigenvalue weighted by molar-refractivity contribution is 7.15. The van der Waals surface area contributed by atoms with Gasteiger partial charge in [-0.1, -0.05) is 62.4 Å². The highest BCUT2D eigenvalue weighted by Gasteiger charge is 2.24. The van der Waals surface area contributed by atoms with Gasteiger partial charge in [-0.3, -0.25) is 4.79 Å². The zero-order chi connectivity index (χ0) is 19.2. The van der Waals surface area contributed by atoms with Gasteiger partial charge in [0.25, 0.3) is 0 Å². The number of amides is 1. The van der Waals surface area contributed by atoms with Crippen molar-refractivity contribution in [2.45, 2.75) is 26.2 Å². The third-order valence-electron chi connectivity index (χ3n) is 4.45. The van der Waals surface area contributed by atoms with Crippen LogP contribution in [0, 0.1) is 5.92 Å². The summed E-state index contributed by atoms with van der Waals surface area (Å²) in [5.74, 6) is 0.836. The molecular weight excluding hydrogens is 356 g/mol. The van der Waals surface area contributed by atoms with E-state index in [9.17, 15) is 4.79 Å². The van der Waals surface area contributed by atoms with Crippen LogP contribution >= 0.6 is 11.3 Å². The van der Waals surface area contributed by atoms with Gasteiger partial charge < -0.3 is 10.1 Å². The fraction of sp³-hybridized carbons (Fsp3) is 0.273.